The molecule has 0 radical (unpaired) electrons. The maximum Gasteiger partial charge on any atom is 0.335 e. The summed E-state index contributed by atoms with van der Waals surface area (Å²) in [7, 11) is 0. The first-order valence-electron chi connectivity index (χ1n) is 4.75. The molecule has 0 atom stereocenters. The zero-order valence-corrected chi connectivity index (χ0v) is 10.4. The second-order valence-electron chi connectivity index (χ2n) is 3.43. The molecule has 0 aliphatic heterocycles. The highest BCUT2D eigenvalue weighted by atomic mass is 79.9. The Morgan fingerprint density at radius 2 is 2.11 bits per heavy atom. The molecule has 2 rings (SSSR count). The van der Waals surface area contributed by atoms with Crippen molar-refractivity contribution < 1.29 is 19.2 Å². The molecular weight excluding hydrogens is 306 g/mol. The summed E-state index contributed by atoms with van der Waals surface area (Å²) in [5.74, 6) is -0.885. The SMILES string of the molecule is O=C(O)c1cc(-c2occc2Br)cc([N+](=O)[O-])c1. The van der Waals surface area contributed by atoms with Crippen molar-refractivity contribution in [3.63, 3.8) is 0 Å². The summed E-state index contributed by atoms with van der Waals surface area (Å²) < 4.78 is 5.75. The Bertz CT molecular complexity index is 602. The maximum atomic E-state index is 10.9. The number of aromatic carboxylic acids is 1. The van der Waals surface area contributed by atoms with E-state index in [1.807, 2.05) is 0 Å². The minimum atomic E-state index is -1.23. The largest absolute Gasteiger partial charge is 0.478 e. The van der Waals surface area contributed by atoms with Gasteiger partial charge < -0.3 is 9.52 Å². The zero-order chi connectivity index (χ0) is 13.3. The van der Waals surface area contributed by atoms with Gasteiger partial charge >= 0.3 is 5.97 Å². The maximum absolute atomic E-state index is 10.9. The number of halogens is 1. The van der Waals surface area contributed by atoms with Crippen molar-refractivity contribution in [3.8, 4) is 11.3 Å². The predicted octanol–water partition coefficient (Wildman–Crippen LogP) is 3.32. The molecule has 1 heterocycles. The Morgan fingerprint density at radius 3 is 2.61 bits per heavy atom. The summed E-state index contributed by atoms with van der Waals surface area (Å²) >= 11 is 3.22. The van der Waals surface area contributed by atoms with Gasteiger partial charge in [0.25, 0.3) is 5.69 Å². The quantitative estimate of drug-likeness (QED) is 0.693. The number of carbonyl (C=O) groups is 1. The van der Waals surface area contributed by atoms with Gasteiger partial charge in [0.15, 0.2) is 0 Å². The van der Waals surface area contributed by atoms with Crippen LogP contribution in [0, 0.1) is 10.1 Å². The number of rotatable bonds is 3. The molecule has 1 N–H and O–H groups in total. The van der Waals surface area contributed by atoms with E-state index in [1.54, 1.807) is 6.07 Å². The molecule has 92 valence electrons. The summed E-state index contributed by atoms with van der Waals surface area (Å²) in [5.41, 5.74) is -0.130. The first-order valence-corrected chi connectivity index (χ1v) is 5.54. The molecule has 2 aromatic rings. The molecule has 0 aliphatic rings. The molecule has 18 heavy (non-hydrogen) atoms. The van der Waals surface area contributed by atoms with Crippen molar-refractivity contribution in [1.29, 1.82) is 0 Å². The van der Waals surface area contributed by atoms with Gasteiger partial charge in [0.2, 0.25) is 0 Å². The molecule has 1 aromatic carbocycles. The van der Waals surface area contributed by atoms with Crippen LogP contribution in [0.4, 0.5) is 5.69 Å². The number of hydrogen-bond acceptors (Lipinski definition) is 4. The molecule has 0 bridgehead atoms. The highest BCUT2D eigenvalue weighted by Crippen LogP contribution is 2.32. The van der Waals surface area contributed by atoms with E-state index in [1.165, 1.54) is 18.4 Å². The number of nitrogens with zero attached hydrogens (tertiary/aromatic N) is 1. The van der Waals surface area contributed by atoms with E-state index in [0.29, 0.717) is 15.8 Å². The second kappa shape index (κ2) is 4.61. The average molecular weight is 312 g/mol. The van der Waals surface area contributed by atoms with E-state index >= 15 is 0 Å². The number of carboxylic acids is 1. The molecule has 0 saturated heterocycles. The number of non-ortho nitro benzene ring substituents is 1. The lowest BCUT2D eigenvalue weighted by Gasteiger charge is -2.01. The van der Waals surface area contributed by atoms with Crippen LogP contribution in [0.3, 0.4) is 0 Å². The van der Waals surface area contributed by atoms with Crippen molar-refractivity contribution >= 4 is 27.6 Å². The third-order valence-corrected chi connectivity index (χ3v) is 2.88. The van der Waals surface area contributed by atoms with Crippen LogP contribution in [-0.2, 0) is 0 Å². The fourth-order valence-electron chi connectivity index (χ4n) is 1.47. The van der Waals surface area contributed by atoms with Crippen LogP contribution in [0.25, 0.3) is 11.3 Å². The van der Waals surface area contributed by atoms with Gasteiger partial charge in [-0.3, -0.25) is 10.1 Å². The van der Waals surface area contributed by atoms with E-state index in [-0.39, 0.29) is 11.3 Å². The van der Waals surface area contributed by atoms with Crippen LogP contribution < -0.4 is 0 Å². The molecule has 1 aromatic heterocycles. The molecule has 6 nitrogen and oxygen atoms in total. The summed E-state index contributed by atoms with van der Waals surface area (Å²) in [5, 5.41) is 19.7. The Balaban J connectivity index is 2.64. The first-order chi connectivity index (χ1) is 8.49. The number of nitro groups is 1. The van der Waals surface area contributed by atoms with Crippen LogP contribution in [-0.4, -0.2) is 16.0 Å². The summed E-state index contributed by atoms with van der Waals surface area (Å²) in [6, 6.07) is 5.20. The first kappa shape index (κ1) is 12.3. The third-order valence-electron chi connectivity index (χ3n) is 2.25. The minimum absolute atomic E-state index is 0.164. The second-order valence-corrected chi connectivity index (χ2v) is 4.28. The van der Waals surface area contributed by atoms with Gasteiger partial charge in [0.05, 0.1) is 21.2 Å². The van der Waals surface area contributed by atoms with Gasteiger partial charge in [-0.15, -0.1) is 0 Å². The van der Waals surface area contributed by atoms with Gasteiger partial charge in [0, 0.05) is 17.7 Å². The highest BCUT2D eigenvalue weighted by molar-refractivity contribution is 9.10. The predicted molar refractivity (Wildman–Crippen MR) is 65.5 cm³/mol. The lowest BCUT2D eigenvalue weighted by Crippen LogP contribution is -1.99. The smallest absolute Gasteiger partial charge is 0.335 e. The number of nitro benzene ring substituents is 1. The third kappa shape index (κ3) is 2.25. The van der Waals surface area contributed by atoms with Crippen molar-refractivity contribution in [2.75, 3.05) is 0 Å². The van der Waals surface area contributed by atoms with Gasteiger partial charge in [-0.1, -0.05) is 0 Å². The summed E-state index contributed by atoms with van der Waals surface area (Å²) in [6.07, 6.45) is 1.40. The molecule has 7 heteroatoms. The molecular formula is C11H6BrNO5. The van der Waals surface area contributed by atoms with Crippen molar-refractivity contribution in [1.82, 2.24) is 0 Å². The van der Waals surface area contributed by atoms with Crippen LogP contribution in [0.1, 0.15) is 10.4 Å². The molecule has 0 aliphatic carbocycles. The van der Waals surface area contributed by atoms with E-state index in [2.05, 4.69) is 15.9 Å². The Morgan fingerprint density at radius 1 is 1.39 bits per heavy atom. The molecule has 0 saturated carbocycles. The summed E-state index contributed by atoms with van der Waals surface area (Å²) in [6.45, 7) is 0. The lowest BCUT2D eigenvalue weighted by molar-refractivity contribution is -0.384. The van der Waals surface area contributed by atoms with Gasteiger partial charge in [-0.25, -0.2) is 4.79 Å². The van der Waals surface area contributed by atoms with E-state index in [0.717, 1.165) is 6.07 Å². The Labute approximate surface area is 109 Å². The Hall–Kier alpha value is -2.15. The van der Waals surface area contributed by atoms with Crippen LogP contribution in [0.5, 0.6) is 0 Å². The lowest BCUT2D eigenvalue weighted by atomic mass is 10.1. The number of carboxylic acid groups (broad SMARTS) is 1. The highest BCUT2D eigenvalue weighted by Gasteiger charge is 2.17. The van der Waals surface area contributed by atoms with Crippen LogP contribution in [0.2, 0.25) is 0 Å². The number of furan rings is 1. The van der Waals surface area contributed by atoms with Crippen molar-refractivity contribution in [3.05, 3.63) is 50.7 Å². The molecule has 0 amide bonds. The molecule has 0 fully saturated rings. The summed E-state index contributed by atoms with van der Waals surface area (Å²) in [4.78, 5) is 21.0. The standard InChI is InChI=1S/C11H6BrNO5/c12-9-1-2-18-10(9)6-3-7(11(14)15)5-8(4-6)13(16)17/h1-5H,(H,14,15). The van der Waals surface area contributed by atoms with Crippen LogP contribution >= 0.6 is 15.9 Å². The molecule has 0 unspecified atom stereocenters. The van der Waals surface area contributed by atoms with E-state index in [4.69, 9.17) is 9.52 Å². The topological polar surface area (TPSA) is 93.6 Å². The van der Waals surface area contributed by atoms with Gasteiger partial charge in [0.1, 0.15) is 5.76 Å². The normalized spacial score (nSPS) is 10.3. The fourth-order valence-corrected chi connectivity index (χ4v) is 1.90. The Kier molecular flexibility index (Phi) is 3.15. The molecule has 0 spiro atoms. The number of hydrogen-bond donors (Lipinski definition) is 1. The van der Waals surface area contributed by atoms with E-state index < -0.39 is 10.9 Å². The van der Waals surface area contributed by atoms with Crippen molar-refractivity contribution in [2.45, 2.75) is 0 Å². The van der Waals surface area contributed by atoms with Gasteiger partial charge in [-0.05, 0) is 28.1 Å². The zero-order valence-electron chi connectivity index (χ0n) is 8.79. The van der Waals surface area contributed by atoms with E-state index in [9.17, 15) is 14.9 Å². The van der Waals surface area contributed by atoms with Crippen LogP contribution in [0.15, 0.2) is 39.4 Å². The fraction of sp³-hybridized carbons (Fsp3) is 0. The van der Waals surface area contributed by atoms with Crippen molar-refractivity contribution in [2.24, 2.45) is 0 Å². The monoisotopic (exact) mass is 311 g/mol. The van der Waals surface area contributed by atoms with Gasteiger partial charge in [-0.2, -0.15) is 0 Å². The number of benzene rings is 1. The average Bonchev–Trinajstić information content (AvgIpc) is 2.74. The minimum Gasteiger partial charge on any atom is -0.478 e.